The van der Waals surface area contributed by atoms with Crippen molar-refractivity contribution in [1.82, 2.24) is 9.88 Å². The maximum Gasteiger partial charge on any atom is 0.339 e. The topological polar surface area (TPSA) is 94.5 Å². The molecule has 0 aliphatic carbocycles. The molecule has 2 aromatic rings. The molecule has 2 heterocycles. The molecule has 30 heavy (non-hydrogen) atoms. The first kappa shape index (κ1) is 22.3. The van der Waals surface area contributed by atoms with Crippen LogP contribution in [0.2, 0.25) is 0 Å². The lowest BCUT2D eigenvalue weighted by Gasteiger charge is -2.17. The molecule has 2 atom stereocenters. The summed E-state index contributed by atoms with van der Waals surface area (Å²) in [5, 5.41) is 1.97. The average Bonchev–Trinajstić information content (AvgIpc) is 3.11. The van der Waals surface area contributed by atoms with E-state index in [0.717, 1.165) is 0 Å². The summed E-state index contributed by atoms with van der Waals surface area (Å²) in [4.78, 5) is 25.0. The van der Waals surface area contributed by atoms with Crippen molar-refractivity contribution in [2.45, 2.75) is 31.8 Å². The number of amides is 1. The number of benzene rings is 1. The van der Waals surface area contributed by atoms with Crippen molar-refractivity contribution >= 4 is 33.3 Å². The second-order valence-corrected chi connectivity index (χ2v) is 9.82. The quantitative estimate of drug-likeness (QED) is 0.531. The number of rotatable bonds is 6. The van der Waals surface area contributed by atoms with E-state index in [1.807, 2.05) is 0 Å². The molecule has 0 bridgehead atoms. The molecule has 3 rings (SSSR count). The third-order valence-corrected chi connectivity index (χ3v) is 7.31. The van der Waals surface area contributed by atoms with Gasteiger partial charge in [0, 0.05) is 11.4 Å². The van der Waals surface area contributed by atoms with Crippen molar-refractivity contribution in [3.8, 4) is 11.3 Å². The molecule has 0 spiro atoms. The van der Waals surface area contributed by atoms with Crippen molar-refractivity contribution in [3.63, 3.8) is 0 Å². The second-order valence-electron chi connectivity index (χ2n) is 7.11. The van der Waals surface area contributed by atoms with E-state index in [2.05, 4.69) is 5.32 Å². The largest absolute Gasteiger partial charge is 0.462 e. The SMILES string of the molecule is CCOC(=O)c1cc(-c2ccc(F)cc2)n(CC(=O)N[C@H]2CS(=O)(=O)C[C@@H]2Cl)c1C. The molecule has 10 heteroatoms. The molecule has 1 N–H and O–H groups in total. The lowest BCUT2D eigenvalue weighted by Crippen LogP contribution is -2.42. The zero-order valence-electron chi connectivity index (χ0n) is 16.5. The fourth-order valence-corrected chi connectivity index (χ4v) is 6.01. The fraction of sp³-hybridized carbons (Fsp3) is 0.400. The first-order valence-corrected chi connectivity index (χ1v) is 11.6. The number of hydrogen-bond donors (Lipinski definition) is 1. The Kier molecular flexibility index (Phi) is 6.52. The highest BCUT2D eigenvalue weighted by molar-refractivity contribution is 7.91. The van der Waals surface area contributed by atoms with Crippen LogP contribution in [0.15, 0.2) is 30.3 Å². The maximum absolute atomic E-state index is 13.3. The summed E-state index contributed by atoms with van der Waals surface area (Å²) < 4.78 is 43.5. The summed E-state index contributed by atoms with van der Waals surface area (Å²) in [6.45, 7) is 3.40. The number of aromatic nitrogens is 1. The van der Waals surface area contributed by atoms with Crippen LogP contribution in [-0.4, -0.2) is 54.4 Å². The Hall–Kier alpha value is -2.39. The van der Waals surface area contributed by atoms with Gasteiger partial charge in [-0.05, 0) is 49.7 Å². The van der Waals surface area contributed by atoms with Crippen molar-refractivity contribution in [1.29, 1.82) is 0 Å². The molecule has 0 saturated carbocycles. The molecular formula is C20H22ClFN2O5S. The van der Waals surface area contributed by atoms with Crippen LogP contribution >= 0.6 is 11.6 Å². The smallest absolute Gasteiger partial charge is 0.339 e. The highest BCUT2D eigenvalue weighted by atomic mass is 35.5. The van der Waals surface area contributed by atoms with Gasteiger partial charge in [-0.15, -0.1) is 11.6 Å². The van der Waals surface area contributed by atoms with Gasteiger partial charge in [-0.2, -0.15) is 0 Å². The molecule has 0 radical (unpaired) electrons. The van der Waals surface area contributed by atoms with E-state index in [4.69, 9.17) is 16.3 Å². The van der Waals surface area contributed by atoms with Gasteiger partial charge in [-0.25, -0.2) is 17.6 Å². The number of nitrogens with one attached hydrogen (secondary N) is 1. The van der Waals surface area contributed by atoms with Gasteiger partial charge >= 0.3 is 5.97 Å². The van der Waals surface area contributed by atoms with E-state index in [-0.39, 0.29) is 24.7 Å². The number of sulfone groups is 1. The normalized spacial score (nSPS) is 20.1. The van der Waals surface area contributed by atoms with Gasteiger partial charge < -0.3 is 14.6 Å². The summed E-state index contributed by atoms with van der Waals surface area (Å²) in [5.74, 6) is -1.78. The number of nitrogens with zero attached hydrogens (tertiary/aromatic N) is 1. The Labute approximate surface area is 179 Å². The third kappa shape index (κ3) is 4.84. The van der Waals surface area contributed by atoms with Gasteiger partial charge in [0.25, 0.3) is 0 Å². The number of ether oxygens (including phenoxy) is 1. The summed E-state index contributed by atoms with van der Waals surface area (Å²) in [6, 6.07) is 6.58. The second kappa shape index (κ2) is 8.77. The number of esters is 1. The van der Waals surface area contributed by atoms with Gasteiger partial charge in [0.1, 0.15) is 12.4 Å². The predicted octanol–water partition coefficient (Wildman–Crippen LogP) is 2.30. The zero-order valence-corrected chi connectivity index (χ0v) is 18.1. The van der Waals surface area contributed by atoms with Crippen LogP contribution < -0.4 is 5.32 Å². The van der Waals surface area contributed by atoms with Crippen LogP contribution in [0, 0.1) is 12.7 Å². The molecule has 1 aromatic heterocycles. The van der Waals surface area contributed by atoms with Crippen molar-refractivity contribution < 1.29 is 27.1 Å². The van der Waals surface area contributed by atoms with E-state index in [1.165, 1.54) is 12.1 Å². The van der Waals surface area contributed by atoms with Crippen molar-refractivity contribution in [3.05, 3.63) is 47.4 Å². The first-order chi connectivity index (χ1) is 14.1. The van der Waals surface area contributed by atoms with E-state index in [0.29, 0.717) is 22.5 Å². The Balaban J connectivity index is 1.91. The van der Waals surface area contributed by atoms with Crippen LogP contribution in [0.3, 0.4) is 0 Å². The summed E-state index contributed by atoms with van der Waals surface area (Å²) in [6.07, 6.45) is 0. The molecule has 7 nitrogen and oxygen atoms in total. The van der Waals surface area contributed by atoms with Crippen LogP contribution in [0.1, 0.15) is 23.0 Å². The number of carbonyl (C=O) groups excluding carboxylic acids is 2. The minimum Gasteiger partial charge on any atom is -0.462 e. The molecule has 1 fully saturated rings. The first-order valence-electron chi connectivity index (χ1n) is 9.38. The lowest BCUT2D eigenvalue weighted by molar-refractivity contribution is -0.122. The Morgan fingerprint density at radius 1 is 1.27 bits per heavy atom. The van der Waals surface area contributed by atoms with Crippen LogP contribution in [0.25, 0.3) is 11.3 Å². The Bertz CT molecular complexity index is 1070. The Morgan fingerprint density at radius 2 is 1.93 bits per heavy atom. The van der Waals surface area contributed by atoms with E-state index < -0.39 is 38.9 Å². The number of hydrogen-bond acceptors (Lipinski definition) is 5. The molecular weight excluding hydrogens is 435 g/mol. The van der Waals surface area contributed by atoms with Gasteiger partial charge in [-0.1, -0.05) is 0 Å². The minimum absolute atomic E-state index is 0.169. The molecule has 1 aromatic carbocycles. The molecule has 0 unspecified atom stereocenters. The van der Waals surface area contributed by atoms with E-state index >= 15 is 0 Å². The van der Waals surface area contributed by atoms with Gasteiger partial charge in [-0.3, -0.25) is 4.79 Å². The van der Waals surface area contributed by atoms with Gasteiger partial charge in [0.15, 0.2) is 9.84 Å². The van der Waals surface area contributed by atoms with Crippen LogP contribution in [-0.2, 0) is 25.9 Å². The standard InChI is InChI=1S/C20H22ClFN2O5S/c1-3-29-20(26)15-8-18(13-4-6-14(22)7-5-13)24(12(15)2)9-19(25)23-17-11-30(27,28)10-16(17)21/h4-8,16-17H,3,9-11H2,1-2H3,(H,23,25)/t16-,17-/m0/s1. The summed E-state index contributed by atoms with van der Waals surface area (Å²) in [5.41, 5.74) is 1.95. The summed E-state index contributed by atoms with van der Waals surface area (Å²) >= 11 is 6.07. The van der Waals surface area contributed by atoms with Gasteiger partial charge in [0.05, 0.1) is 35.1 Å². The molecule has 1 saturated heterocycles. The van der Waals surface area contributed by atoms with Crippen molar-refractivity contribution in [2.24, 2.45) is 0 Å². The average molecular weight is 457 g/mol. The van der Waals surface area contributed by atoms with E-state index in [9.17, 15) is 22.4 Å². The Morgan fingerprint density at radius 3 is 2.50 bits per heavy atom. The van der Waals surface area contributed by atoms with E-state index in [1.54, 1.807) is 36.6 Å². The minimum atomic E-state index is -3.29. The monoisotopic (exact) mass is 456 g/mol. The fourth-order valence-electron chi connectivity index (χ4n) is 3.46. The number of carbonyl (C=O) groups is 2. The number of alkyl halides is 1. The molecule has 1 amide bonds. The van der Waals surface area contributed by atoms with Crippen molar-refractivity contribution in [2.75, 3.05) is 18.1 Å². The predicted molar refractivity (Wildman–Crippen MR) is 111 cm³/mol. The lowest BCUT2D eigenvalue weighted by atomic mass is 10.1. The summed E-state index contributed by atoms with van der Waals surface area (Å²) in [7, 11) is -3.29. The number of halogens is 2. The maximum atomic E-state index is 13.3. The van der Waals surface area contributed by atoms with Crippen LogP contribution in [0.5, 0.6) is 0 Å². The zero-order chi connectivity index (χ0) is 22.1. The molecule has 162 valence electrons. The molecule has 1 aliphatic rings. The highest BCUT2D eigenvalue weighted by Crippen LogP contribution is 2.27. The molecule has 1 aliphatic heterocycles. The highest BCUT2D eigenvalue weighted by Gasteiger charge is 2.37. The van der Waals surface area contributed by atoms with Gasteiger partial charge in [0.2, 0.25) is 5.91 Å². The third-order valence-electron chi connectivity index (χ3n) is 4.93. The van der Waals surface area contributed by atoms with Crippen LogP contribution in [0.4, 0.5) is 4.39 Å².